The highest BCUT2D eigenvalue weighted by molar-refractivity contribution is 6.42. The molecule has 0 aliphatic rings. The third-order valence-corrected chi connectivity index (χ3v) is 1.42. The summed E-state index contributed by atoms with van der Waals surface area (Å²) in [6, 6.07) is 1.37. The van der Waals surface area contributed by atoms with Crippen LogP contribution in [0.25, 0.3) is 0 Å². The van der Waals surface area contributed by atoms with Crippen LogP contribution in [-0.2, 0) is 9.53 Å². The number of nitrogens with one attached hydrogen (secondary N) is 1. The van der Waals surface area contributed by atoms with Gasteiger partial charge in [0.05, 0.1) is 12.3 Å². The van der Waals surface area contributed by atoms with Gasteiger partial charge in [0.25, 0.3) is 0 Å². The summed E-state index contributed by atoms with van der Waals surface area (Å²) in [7, 11) is 0. The number of carbonyl (C=O) groups is 1. The topological polar surface area (TPSA) is 114 Å². The van der Waals surface area contributed by atoms with E-state index < -0.39 is 5.97 Å². The van der Waals surface area contributed by atoms with Gasteiger partial charge in [-0.15, -0.1) is 0 Å². The zero-order chi connectivity index (χ0) is 10.6. The number of H-pyrrole nitrogens is 1. The average Bonchev–Trinajstić information content (AvgIpc) is 2.54. The van der Waals surface area contributed by atoms with Crippen LogP contribution >= 0.6 is 0 Å². The van der Waals surface area contributed by atoms with Crippen molar-refractivity contribution in [3.63, 3.8) is 0 Å². The highest BCUT2D eigenvalue weighted by Crippen LogP contribution is 2.03. The van der Waals surface area contributed by atoms with Gasteiger partial charge in [-0.25, -0.2) is 4.79 Å². The van der Waals surface area contributed by atoms with E-state index in [0.29, 0.717) is 0 Å². The third-order valence-electron chi connectivity index (χ3n) is 1.42. The first-order valence-corrected chi connectivity index (χ1v) is 3.89. The van der Waals surface area contributed by atoms with E-state index in [9.17, 15) is 4.79 Å². The summed E-state index contributed by atoms with van der Waals surface area (Å²) < 4.78 is 4.64. The molecule has 0 radical (unpaired) electrons. The summed E-state index contributed by atoms with van der Waals surface area (Å²) in [5.41, 5.74) is 5.27. The van der Waals surface area contributed by atoms with E-state index in [1.165, 1.54) is 6.07 Å². The molecular weight excluding hydrogens is 188 g/mol. The molecule has 0 aromatic carbocycles. The zero-order valence-electron chi connectivity index (χ0n) is 7.52. The monoisotopic (exact) mass is 198 g/mol. The lowest BCUT2D eigenvalue weighted by molar-refractivity contribution is -0.135. The fourth-order valence-electron chi connectivity index (χ4n) is 0.863. The first-order chi connectivity index (χ1) is 6.69. The Labute approximate surface area is 79.5 Å². The fourth-order valence-corrected chi connectivity index (χ4v) is 0.863. The Hall–Kier alpha value is -2.05. The Morgan fingerprint density at radius 1 is 1.86 bits per heavy atom. The molecule has 76 valence electrons. The molecule has 0 bridgehead atoms. The number of hydrogen-bond donors (Lipinski definition) is 3. The van der Waals surface area contributed by atoms with Gasteiger partial charge in [-0.3, -0.25) is 5.10 Å². The molecule has 4 N–H and O–H groups in total. The van der Waals surface area contributed by atoms with Crippen LogP contribution in [0.15, 0.2) is 11.2 Å². The molecule has 0 unspecified atom stereocenters. The summed E-state index contributed by atoms with van der Waals surface area (Å²) in [5.74, 6) is -0.538. The summed E-state index contributed by atoms with van der Waals surface area (Å²) in [6.45, 7) is 1.84. The Balaban J connectivity index is 2.88. The van der Waals surface area contributed by atoms with Crippen LogP contribution in [-0.4, -0.2) is 33.7 Å². The van der Waals surface area contributed by atoms with Crippen molar-refractivity contribution in [3.05, 3.63) is 11.8 Å². The molecule has 0 spiro atoms. The van der Waals surface area contributed by atoms with Gasteiger partial charge in [-0.05, 0) is 6.92 Å². The highest BCUT2D eigenvalue weighted by atomic mass is 16.5. The number of ether oxygens (including phenoxy) is 1. The van der Waals surface area contributed by atoms with Gasteiger partial charge in [0.15, 0.2) is 0 Å². The standard InChI is InChI=1S/C7H10N4O3/c1-2-14-7(12)6(11-13)4-3-5(8)10-9-4/h3,13H,2H2,1H3,(H3,8,9,10). The number of oxime groups is 1. The number of anilines is 1. The van der Waals surface area contributed by atoms with E-state index >= 15 is 0 Å². The van der Waals surface area contributed by atoms with Gasteiger partial charge >= 0.3 is 5.97 Å². The molecule has 1 aromatic heterocycles. The van der Waals surface area contributed by atoms with E-state index in [1.54, 1.807) is 6.92 Å². The summed E-state index contributed by atoms with van der Waals surface area (Å²) in [4.78, 5) is 11.2. The smallest absolute Gasteiger partial charge is 0.362 e. The average molecular weight is 198 g/mol. The van der Waals surface area contributed by atoms with Crippen molar-refractivity contribution < 1.29 is 14.7 Å². The van der Waals surface area contributed by atoms with Gasteiger partial charge < -0.3 is 15.7 Å². The number of aromatic nitrogens is 2. The predicted octanol–water partition coefficient (Wildman–Crippen LogP) is -0.267. The Morgan fingerprint density at radius 3 is 3.00 bits per heavy atom. The molecule has 14 heavy (non-hydrogen) atoms. The predicted molar refractivity (Wildman–Crippen MR) is 48.0 cm³/mol. The van der Waals surface area contributed by atoms with Crippen molar-refractivity contribution >= 4 is 17.5 Å². The van der Waals surface area contributed by atoms with Crippen LogP contribution in [0.3, 0.4) is 0 Å². The molecule has 0 saturated carbocycles. The molecule has 1 aromatic rings. The second-order valence-corrected chi connectivity index (χ2v) is 2.38. The number of nitrogens with zero attached hydrogens (tertiary/aromatic N) is 2. The number of carbonyl (C=O) groups excluding carboxylic acids is 1. The molecular formula is C7H10N4O3. The van der Waals surface area contributed by atoms with E-state index in [4.69, 9.17) is 10.9 Å². The summed E-state index contributed by atoms with van der Waals surface area (Å²) in [6.07, 6.45) is 0. The van der Waals surface area contributed by atoms with E-state index in [-0.39, 0.29) is 23.8 Å². The molecule has 1 heterocycles. The van der Waals surface area contributed by atoms with Gasteiger partial charge in [-0.2, -0.15) is 5.10 Å². The first kappa shape index (κ1) is 10.0. The molecule has 0 saturated heterocycles. The summed E-state index contributed by atoms with van der Waals surface area (Å²) >= 11 is 0. The lowest BCUT2D eigenvalue weighted by Crippen LogP contribution is -2.19. The molecule has 1 rings (SSSR count). The number of esters is 1. The molecule has 0 atom stereocenters. The SMILES string of the molecule is CCOC(=O)C(=NO)c1cc(N)n[nH]1. The molecule has 7 nitrogen and oxygen atoms in total. The van der Waals surface area contributed by atoms with Crippen LogP contribution in [0.2, 0.25) is 0 Å². The molecule has 0 amide bonds. The van der Waals surface area contributed by atoms with Crippen molar-refractivity contribution in [1.82, 2.24) is 10.2 Å². The Bertz CT molecular complexity index is 358. The maximum Gasteiger partial charge on any atom is 0.362 e. The van der Waals surface area contributed by atoms with Crippen molar-refractivity contribution in [3.8, 4) is 0 Å². The molecule has 0 aliphatic carbocycles. The first-order valence-electron chi connectivity index (χ1n) is 3.89. The van der Waals surface area contributed by atoms with Crippen molar-refractivity contribution in [2.45, 2.75) is 6.92 Å². The van der Waals surface area contributed by atoms with Crippen molar-refractivity contribution in [2.24, 2.45) is 5.16 Å². The van der Waals surface area contributed by atoms with Gasteiger partial charge in [0, 0.05) is 6.07 Å². The fraction of sp³-hybridized carbons (Fsp3) is 0.286. The quantitative estimate of drug-likeness (QED) is 0.268. The van der Waals surface area contributed by atoms with Crippen molar-refractivity contribution in [1.29, 1.82) is 0 Å². The number of aromatic amines is 1. The van der Waals surface area contributed by atoms with Gasteiger partial charge in [0.1, 0.15) is 5.82 Å². The van der Waals surface area contributed by atoms with Crippen LogP contribution in [0.5, 0.6) is 0 Å². The minimum Gasteiger partial charge on any atom is -0.461 e. The van der Waals surface area contributed by atoms with E-state index in [2.05, 4.69) is 20.1 Å². The number of nitrogen functional groups attached to an aromatic ring is 1. The largest absolute Gasteiger partial charge is 0.461 e. The second kappa shape index (κ2) is 4.26. The van der Waals surface area contributed by atoms with Gasteiger partial charge in [-0.1, -0.05) is 5.16 Å². The number of rotatable bonds is 3. The van der Waals surface area contributed by atoms with Crippen molar-refractivity contribution in [2.75, 3.05) is 12.3 Å². The van der Waals surface area contributed by atoms with Crippen LogP contribution in [0, 0.1) is 0 Å². The maximum atomic E-state index is 11.2. The van der Waals surface area contributed by atoms with Crippen LogP contribution in [0.1, 0.15) is 12.6 Å². The van der Waals surface area contributed by atoms with Gasteiger partial charge in [0.2, 0.25) is 5.71 Å². The minimum absolute atomic E-state index is 0.196. The normalized spacial score (nSPS) is 11.4. The Morgan fingerprint density at radius 2 is 2.57 bits per heavy atom. The zero-order valence-corrected chi connectivity index (χ0v) is 7.52. The molecule has 0 aliphatic heterocycles. The maximum absolute atomic E-state index is 11.2. The lowest BCUT2D eigenvalue weighted by Gasteiger charge is -2.00. The third kappa shape index (κ3) is 2.00. The van der Waals surface area contributed by atoms with Crippen LogP contribution in [0.4, 0.5) is 5.82 Å². The highest BCUT2D eigenvalue weighted by Gasteiger charge is 2.18. The minimum atomic E-state index is -0.737. The summed E-state index contributed by atoms with van der Waals surface area (Å²) in [5, 5.41) is 17.4. The van der Waals surface area contributed by atoms with Crippen LogP contribution < -0.4 is 5.73 Å². The molecule has 0 fully saturated rings. The van der Waals surface area contributed by atoms with E-state index in [0.717, 1.165) is 0 Å². The number of hydrogen-bond acceptors (Lipinski definition) is 6. The Kier molecular flexibility index (Phi) is 3.05. The number of nitrogens with two attached hydrogens (primary N) is 1. The second-order valence-electron chi connectivity index (χ2n) is 2.38. The molecule has 7 heteroatoms. The van der Waals surface area contributed by atoms with E-state index in [1.807, 2.05) is 0 Å². The lowest BCUT2D eigenvalue weighted by atomic mass is 10.3.